The van der Waals surface area contributed by atoms with Crippen molar-refractivity contribution in [2.45, 2.75) is 25.4 Å². The highest BCUT2D eigenvalue weighted by atomic mass is 19.4. The second-order valence-electron chi connectivity index (χ2n) is 6.44. The standard InChI is InChI=1S/C19H21F3N4O/c1-2-15(14-6-4-3-5-7-14)18(27)26-10-8-25(9-11-26)17-12-16(19(20,21)22)23-13-24-17/h3-7,12-13,15H,2,8-11H2,1H3/t15-/m0/s1. The van der Waals surface area contributed by atoms with Crippen molar-refractivity contribution in [3.63, 3.8) is 0 Å². The van der Waals surface area contributed by atoms with E-state index in [-0.39, 0.29) is 17.6 Å². The van der Waals surface area contributed by atoms with E-state index in [1.165, 1.54) is 0 Å². The van der Waals surface area contributed by atoms with Gasteiger partial charge in [0.05, 0.1) is 5.92 Å². The molecule has 1 aliphatic heterocycles. The summed E-state index contributed by atoms with van der Waals surface area (Å²) < 4.78 is 38.5. The van der Waals surface area contributed by atoms with Crippen molar-refractivity contribution in [3.05, 3.63) is 54.0 Å². The third-order valence-electron chi connectivity index (χ3n) is 4.77. The van der Waals surface area contributed by atoms with Crippen molar-refractivity contribution >= 4 is 11.7 Å². The Balaban J connectivity index is 1.66. The first-order chi connectivity index (χ1) is 12.9. The van der Waals surface area contributed by atoms with Crippen molar-refractivity contribution in [3.8, 4) is 0 Å². The molecule has 0 N–H and O–H groups in total. The van der Waals surface area contributed by atoms with Gasteiger partial charge in [-0.3, -0.25) is 4.79 Å². The lowest BCUT2D eigenvalue weighted by Gasteiger charge is -2.37. The van der Waals surface area contributed by atoms with E-state index in [1.807, 2.05) is 37.3 Å². The zero-order valence-corrected chi connectivity index (χ0v) is 15.0. The summed E-state index contributed by atoms with van der Waals surface area (Å²) in [5, 5.41) is 0. The van der Waals surface area contributed by atoms with Gasteiger partial charge in [-0.1, -0.05) is 37.3 Å². The fourth-order valence-electron chi connectivity index (χ4n) is 3.29. The number of amides is 1. The van der Waals surface area contributed by atoms with Gasteiger partial charge in [-0.15, -0.1) is 0 Å². The minimum absolute atomic E-state index is 0.0574. The summed E-state index contributed by atoms with van der Waals surface area (Å²) in [5.74, 6) is 0.0928. The van der Waals surface area contributed by atoms with E-state index in [0.717, 1.165) is 18.0 Å². The molecule has 0 aliphatic carbocycles. The van der Waals surface area contributed by atoms with E-state index < -0.39 is 11.9 Å². The minimum atomic E-state index is -4.50. The molecule has 3 rings (SSSR count). The van der Waals surface area contributed by atoms with E-state index >= 15 is 0 Å². The minimum Gasteiger partial charge on any atom is -0.353 e. The molecule has 1 aromatic heterocycles. The van der Waals surface area contributed by atoms with Crippen LogP contribution < -0.4 is 4.90 Å². The molecule has 0 unspecified atom stereocenters. The fourth-order valence-corrected chi connectivity index (χ4v) is 3.29. The van der Waals surface area contributed by atoms with Gasteiger partial charge in [0.1, 0.15) is 17.8 Å². The zero-order valence-electron chi connectivity index (χ0n) is 15.0. The summed E-state index contributed by atoms with van der Waals surface area (Å²) in [4.78, 5) is 23.7. The van der Waals surface area contributed by atoms with Crippen molar-refractivity contribution < 1.29 is 18.0 Å². The number of carbonyl (C=O) groups excluding carboxylic acids is 1. The van der Waals surface area contributed by atoms with Gasteiger partial charge in [-0.2, -0.15) is 13.2 Å². The van der Waals surface area contributed by atoms with E-state index in [0.29, 0.717) is 32.6 Å². The quantitative estimate of drug-likeness (QED) is 0.819. The lowest BCUT2D eigenvalue weighted by Crippen LogP contribution is -2.50. The molecule has 1 amide bonds. The number of rotatable bonds is 4. The number of anilines is 1. The fraction of sp³-hybridized carbons (Fsp3) is 0.421. The summed E-state index contributed by atoms with van der Waals surface area (Å²) in [7, 11) is 0. The monoisotopic (exact) mass is 378 g/mol. The topological polar surface area (TPSA) is 49.3 Å². The highest BCUT2D eigenvalue weighted by Crippen LogP contribution is 2.29. The molecule has 1 atom stereocenters. The van der Waals surface area contributed by atoms with Crippen molar-refractivity contribution in [2.24, 2.45) is 0 Å². The lowest BCUT2D eigenvalue weighted by molar-refractivity contribution is -0.141. The molecule has 2 aromatic rings. The predicted molar refractivity (Wildman–Crippen MR) is 95.3 cm³/mol. The van der Waals surface area contributed by atoms with Crippen molar-refractivity contribution in [1.29, 1.82) is 0 Å². The average molecular weight is 378 g/mol. The number of benzene rings is 1. The Morgan fingerprint density at radius 1 is 1.11 bits per heavy atom. The molecule has 144 valence electrons. The summed E-state index contributed by atoms with van der Waals surface area (Å²) in [6.45, 7) is 3.75. The maximum Gasteiger partial charge on any atom is 0.433 e. The van der Waals surface area contributed by atoms with E-state index in [2.05, 4.69) is 9.97 Å². The molecule has 0 saturated carbocycles. The molecule has 0 radical (unpaired) electrons. The molecule has 1 saturated heterocycles. The molecule has 8 heteroatoms. The van der Waals surface area contributed by atoms with Crippen LogP contribution in [0.3, 0.4) is 0 Å². The van der Waals surface area contributed by atoms with Crippen LogP contribution in [0.2, 0.25) is 0 Å². The van der Waals surface area contributed by atoms with Gasteiger partial charge >= 0.3 is 6.18 Å². The molecule has 5 nitrogen and oxygen atoms in total. The largest absolute Gasteiger partial charge is 0.433 e. The van der Waals surface area contributed by atoms with Crippen LogP contribution >= 0.6 is 0 Å². The normalized spacial score (nSPS) is 16.3. The highest BCUT2D eigenvalue weighted by molar-refractivity contribution is 5.84. The number of piperazine rings is 1. The molecular weight excluding hydrogens is 357 g/mol. The van der Waals surface area contributed by atoms with Crippen LogP contribution in [0.4, 0.5) is 19.0 Å². The maximum absolute atomic E-state index is 12.9. The number of carbonyl (C=O) groups is 1. The second kappa shape index (κ2) is 7.94. The van der Waals surface area contributed by atoms with Crippen LogP contribution in [0.1, 0.15) is 30.5 Å². The first kappa shape index (κ1) is 19.1. The van der Waals surface area contributed by atoms with Gasteiger partial charge in [-0.25, -0.2) is 9.97 Å². The van der Waals surface area contributed by atoms with Gasteiger partial charge < -0.3 is 9.80 Å². The predicted octanol–water partition coefficient (Wildman–Crippen LogP) is 3.34. The van der Waals surface area contributed by atoms with Crippen LogP contribution in [0.15, 0.2) is 42.7 Å². The lowest BCUT2D eigenvalue weighted by atomic mass is 9.95. The van der Waals surface area contributed by atoms with Gasteiger partial charge in [0.25, 0.3) is 0 Å². The molecular formula is C19H21F3N4O. The van der Waals surface area contributed by atoms with Crippen LogP contribution in [0.25, 0.3) is 0 Å². The van der Waals surface area contributed by atoms with Gasteiger partial charge in [0, 0.05) is 32.2 Å². The first-order valence-electron chi connectivity index (χ1n) is 8.88. The SMILES string of the molecule is CC[C@H](C(=O)N1CCN(c2cc(C(F)(F)F)ncn2)CC1)c1ccccc1. The molecule has 1 aromatic carbocycles. The average Bonchev–Trinajstić information content (AvgIpc) is 2.69. The summed E-state index contributed by atoms with van der Waals surface area (Å²) in [5.41, 5.74) is 0.0270. The van der Waals surface area contributed by atoms with Gasteiger partial charge in [-0.05, 0) is 12.0 Å². The Labute approximate surface area is 155 Å². The van der Waals surface area contributed by atoms with Crippen LogP contribution in [-0.2, 0) is 11.0 Å². The van der Waals surface area contributed by atoms with Crippen LogP contribution in [0, 0.1) is 0 Å². The Morgan fingerprint density at radius 3 is 2.37 bits per heavy atom. The molecule has 27 heavy (non-hydrogen) atoms. The summed E-state index contributed by atoms with van der Waals surface area (Å²) in [6, 6.07) is 10.6. The third-order valence-corrected chi connectivity index (χ3v) is 4.77. The summed E-state index contributed by atoms with van der Waals surface area (Å²) in [6.07, 6.45) is -2.87. The number of hydrogen-bond donors (Lipinski definition) is 0. The summed E-state index contributed by atoms with van der Waals surface area (Å²) >= 11 is 0. The van der Waals surface area contributed by atoms with Gasteiger partial charge in [0.2, 0.25) is 5.91 Å². The number of aromatic nitrogens is 2. The number of halogens is 3. The number of hydrogen-bond acceptors (Lipinski definition) is 4. The Hall–Kier alpha value is -2.64. The van der Waals surface area contributed by atoms with E-state index in [1.54, 1.807) is 9.80 Å². The smallest absolute Gasteiger partial charge is 0.353 e. The Bertz CT molecular complexity index is 774. The molecule has 1 aliphatic rings. The molecule has 1 fully saturated rings. The third kappa shape index (κ3) is 4.37. The van der Waals surface area contributed by atoms with Crippen molar-refractivity contribution in [1.82, 2.24) is 14.9 Å². The number of nitrogens with zero attached hydrogens (tertiary/aromatic N) is 4. The van der Waals surface area contributed by atoms with Crippen LogP contribution in [-0.4, -0.2) is 47.0 Å². The van der Waals surface area contributed by atoms with Crippen molar-refractivity contribution in [2.75, 3.05) is 31.1 Å². The second-order valence-corrected chi connectivity index (χ2v) is 6.44. The maximum atomic E-state index is 12.9. The molecule has 2 heterocycles. The highest BCUT2D eigenvalue weighted by Gasteiger charge is 2.34. The van der Waals surface area contributed by atoms with E-state index in [4.69, 9.17) is 0 Å². The Kier molecular flexibility index (Phi) is 5.62. The van der Waals surface area contributed by atoms with Crippen LogP contribution in [0.5, 0.6) is 0 Å². The zero-order chi connectivity index (χ0) is 19.4. The van der Waals surface area contributed by atoms with Gasteiger partial charge in [0.15, 0.2) is 0 Å². The molecule has 0 spiro atoms. The van der Waals surface area contributed by atoms with E-state index in [9.17, 15) is 18.0 Å². The molecule has 0 bridgehead atoms. The Morgan fingerprint density at radius 2 is 1.78 bits per heavy atom. The first-order valence-corrected chi connectivity index (χ1v) is 8.88. The number of alkyl halides is 3.